The van der Waals surface area contributed by atoms with Crippen molar-refractivity contribution in [2.45, 2.75) is 13.8 Å². The molecule has 4 nitrogen and oxygen atoms in total. The van der Waals surface area contributed by atoms with Crippen LogP contribution in [0.25, 0.3) is 11.3 Å². The van der Waals surface area contributed by atoms with Gasteiger partial charge in [-0.2, -0.15) is 4.98 Å². The molecule has 0 saturated carbocycles. The number of rotatable bonds is 2. The molecule has 0 radical (unpaired) electrons. The Labute approximate surface area is 100 Å². The van der Waals surface area contributed by atoms with E-state index in [2.05, 4.69) is 23.0 Å². The Morgan fingerprint density at radius 2 is 1.88 bits per heavy atom. The van der Waals surface area contributed by atoms with Gasteiger partial charge in [-0.15, -0.1) is 0 Å². The number of ether oxygens (including phenoxy) is 1. The second kappa shape index (κ2) is 4.41. The molecule has 0 saturated heterocycles. The Kier molecular flexibility index (Phi) is 2.95. The van der Waals surface area contributed by atoms with Gasteiger partial charge in [-0.05, 0) is 19.4 Å². The topological polar surface area (TPSA) is 61.0 Å². The lowest BCUT2D eigenvalue weighted by molar-refractivity contribution is 0.398. The van der Waals surface area contributed by atoms with Crippen molar-refractivity contribution in [2.75, 3.05) is 12.8 Å². The summed E-state index contributed by atoms with van der Waals surface area (Å²) in [6.45, 7) is 4.11. The Morgan fingerprint density at radius 3 is 2.53 bits per heavy atom. The molecular weight excluding hydrogens is 214 g/mol. The van der Waals surface area contributed by atoms with Crippen molar-refractivity contribution in [3.63, 3.8) is 0 Å². The Morgan fingerprint density at radius 1 is 1.12 bits per heavy atom. The van der Waals surface area contributed by atoms with E-state index in [-0.39, 0.29) is 5.95 Å². The van der Waals surface area contributed by atoms with Gasteiger partial charge in [0, 0.05) is 11.6 Å². The van der Waals surface area contributed by atoms with E-state index in [1.54, 1.807) is 13.2 Å². The molecule has 2 N–H and O–H groups in total. The molecule has 0 atom stereocenters. The van der Waals surface area contributed by atoms with Gasteiger partial charge in [0.25, 0.3) is 0 Å². The maximum atomic E-state index is 5.65. The van der Waals surface area contributed by atoms with Crippen LogP contribution in [0.2, 0.25) is 0 Å². The summed E-state index contributed by atoms with van der Waals surface area (Å²) in [7, 11) is 1.56. The van der Waals surface area contributed by atoms with Gasteiger partial charge in [-0.3, -0.25) is 0 Å². The summed E-state index contributed by atoms with van der Waals surface area (Å²) in [5, 5.41) is 0. The highest BCUT2D eigenvalue weighted by molar-refractivity contribution is 5.65. The number of nitrogens with zero attached hydrogens (tertiary/aromatic N) is 2. The molecule has 0 amide bonds. The third-order valence-electron chi connectivity index (χ3n) is 2.59. The Balaban J connectivity index is 2.55. The highest BCUT2D eigenvalue weighted by atomic mass is 16.5. The summed E-state index contributed by atoms with van der Waals surface area (Å²) in [5.74, 6) is 0.701. The zero-order chi connectivity index (χ0) is 12.4. The summed E-state index contributed by atoms with van der Waals surface area (Å²) < 4.78 is 5.09. The van der Waals surface area contributed by atoms with Crippen molar-refractivity contribution in [3.05, 3.63) is 35.4 Å². The highest BCUT2D eigenvalue weighted by Gasteiger charge is 2.07. The molecule has 1 aromatic heterocycles. The molecule has 0 aliphatic heterocycles. The van der Waals surface area contributed by atoms with Crippen LogP contribution >= 0.6 is 0 Å². The monoisotopic (exact) mass is 229 g/mol. The summed E-state index contributed by atoms with van der Waals surface area (Å²) in [6, 6.07) is 7.98. The molecule has 0 bridgehead atoms. The normalized spacial score (nSPS) is 10.3. The first kappa shape index (κ1) is 11.4. The average Bonchev–Trinajstić information content (AvgIpc) is 2.28. The van der Waals surface area contributed by atoms with Crippen molar-refractivity contribution in [2.24, 2.45) is 0 Å². The van der Waals surface area contributed by atoms with E-state index in [0.717, 1.165) is 16.8 Å². The van der Waals surface area contributed by atoms with Crippen LogP contribution in [0, 0.1) is 13.8 Å². The largest absolute Gasteiger partial charge is 0.481 e. The number of nitrogen functional groups attached to an aromatic ring is 1. The zero-order valence-corrected chi connectivity index (χ0v) is 10.2. The quantitative estimate of drug-likeness (QED) is 0.858. The summed E-state index contributed by atoms with van der Waals surface area (Å²) >= 11 is 0. The lowest BCUT2D eigenvalue weighted by Gasteiger charge is -2.08. The zero-order valence-electron chi connectivity index (χ0n) is 10.2. The number of anilines is 1. The number of hydrogen-bond acceptors (Lipinski definition) is 4. The number of aryl methyl sites for hydroxylation is 2. The first-order valence-electron chi connectivity index (χ1n) is 5.36. The molecule has 0 aliphatic carbocycles. The van der Waals surface area contributed by atoms with E-state index < -0.39 is 0 Å². The Hall–Kier alpha value is -2.10. The van der Waals surface area contributed by atoms with Crippen molar-refractivity contribution in [1.82, 2.24) is 9.97 Å². The lowest BCUT2D eigenvalue weighted by Crippen LogP contribution is -1.99. The third kappa shape index (κ3) is 2.36. The second-order valence-electron chi connectivity index (χ2n) is 3.97. The molecule has 2 rings (SSSR count). The smallest absolute Gasteiger partial charge is 0.223 e. The van der Waals surface area contributed by atoms with Crippen LogP contribution in [0.15, 0.2) is 24.3 Å². The number of benzene rings is 1. The number of methoxy groups -OCH3 is 1. The van der Waals surface area contributed by atoms with E-state index in [0.29, 0.717) is 5.88 Å². The van der Waals surface area contributed by atoms with Crippen LogP contribution in [-0.4, -0.2) is 17.1 Å². The van der Waals surface area contributed by atoms with Crippen molar-refractivity contribution in [3.8, 4) is 17.1 Å². The highest BCUT2D eigenvalue weighted by Crippen LogP contribution is 2.25. The van der Waals surface area contributed by atoms with Gasteiger partial charge in [0.15, 0.2) is 0 Å². The first-order valence-corrected chi connectivity index (χ1v) is 5.36. The molecule has 1 aromatic carbocycles. The van der Waals surface area contributed by atoms with E-state index in [9.17, 15) is 0 Å². The SMILES string of the molecule is COc1cc(-c2ccc(C)cc2C)nc(N)n1. The molecule has 0 spiro atoms. The maximum absolute atomic E-state index is 5.65. The fraction of sp³-hybridized carbons (Fsp3) is 0.231. The van der Waals surface area contributed by atoms with Crippen LogP contribution in [0.4, 0.5) is 5.95 Å². The van der Waals surface area contributed by atoms with Gasteiger partial charge in [0.1, 0.15) is 0 Å². The van der Waals surface area contributed by atoms with Gasteiger partial charge < -0.3 is 10.5 Å². The standard InChI is InChI=1S/C13H15N3O/c1-8-4-5-10(9(2)6-8)11-7-12(17-3)16-13(14)15-11/h4-7H,1-3H3,(H2,14,15,16). The van der Waals surface area contributed by atoms with E-state index in [4.69, 9.17) is 10.5 Å². The molecule has 0 fully saturated rings. The van der Waals surface area contributed by atoms with Gasteiger partial charge in [-0.25, -0.2) is 4.98 Å². The summed E-state index contributed by atoms with van der Waals surface area (Å²) in [6.07, 6.45) is 0. The number of hydrogen-bond donors (Lipinski definition) is 1. The summed E-state index contributed by atoms with van der Waals surface area (Å²) in [4.78, 5) is 8.20. The lowest BCUT2D eigenvalue weighted by atomic mass is 10.0. The minimum Gasteiger partial charge on any atom is -0.481 e. The third-order valence-corrected chi connectivity index (χ3v) is 2.59. The first-order chi connectivity index (χ1) is 8.10. The van der Waals surface area contributed by atoms with Gasteiger partial charge >= 0.3 is 0 Å². The van der Waals surface area contributed by atoms with Crippen LogP contribution in [-0.2, 0) is 0 Å². The molecule has 0 aliphatic rings. The maximum Gasteiger partial charge on any atom is 0.223 e. The fourth-order valence-electron chi connectivity index (χ4n) is 1.79. The number of nitrogens with two attached hydrogens (primary N) is 1. The molecular formula is C13H15N3O. The van der Waals surface area contributed by atoms with Crippen molar-refractivity contribution < 1.29 is 4.74 Å². The van der Waals surface area contributed by atoms with Crippen molar-refractivity contribution in [1.29, 1.82) is 0 Å². The van der Waals surface area contributed by atoms with Crippen LogP contribution in [0.5, 0.6) is 5.88 Å². The molecule has 4 heteroatoms. The van der Waals surface area contributed by atoms with Crippen LogP contribution in [0.3, 0.4) is 0 Å². The van der Waals surface area contributed by atoms with E-state index in [1.807, 2.05) is 19.1 Å². The minimum absolute atomic E-state index is 0.222. The van der Waals surface area contributed by atoms with Gasteiger partial charge in [-0.1, -0.05) is 23.8 Å². The van der Waals surface area contributed by atoms with Crippen LogP contribution in [0.1, 0.15) is 11.1 Å². The number of aromatic nitrogens is 2. The fourth-order valence-corrected chi connectivity index (χ4v) is 1.79. The molecule has 2 aromatic rings. The van der Waals surface area contributed by atoms with E-state index >= 15 is 0 Å². The Bertz CT molecular complexity index is 552. The predicted molar refractivity (Wildman–Crippen MR) is 67.9 cm³/mol. The van der Waals surface area contributed by atoms with E-state index in [1.165, 1.54) is 5.56 Å². The predicted octanol–water partition coefficient (Wildman–Crippen LogP) is 2.35. The molecule has 88 valence electrons. The second-order valence-corrected chi connectivity index (χ2v) is 3.97. The molecule has 1 heterocycles. The average molecular weight is 229 g/mol. The van der Waals surface area contributed by atoms with Gasteiger partial charge in [0.05, 0.1) is 12.8 Å². The van der Waals surface area contributed by atoms with Crippen molar-refractivity contribution >= 4 is 5.95 Å². The minimum atomic E-state index is 0.222. The molecule has 0 unspecified atom stereocenters. The van der Waals surface area contributed by atoms with Gasteiger partial charge in [0.2, 0.25) is 11.8 Å². The molecule has 17 heavy (non-hydrogen) atoms. The van der Waals surface area contributed by atoms with Crippen LogP contribution < -0.4 is 10.5 Å². The summed E-state index contributed by atoms with van der Waals surface area (Å²) in [5.41, 5.74) is 9.86.